The number of halogens is 1. The second-order valence-electron chi connectivity index (χ2n) is 10.3. The van der Waals surface area contributed by atoms with Crippen LogP contribution >= 0.6 is 0 Å². The molecule has 1 N–H and O–H groups in total. The molecule has 2 unspecified atom stereocenters. The molecule has 2 atom stereocenters. The van der Waals surface area contributed by atoms with Crippen molar-refractivity contribution in [3.8, 4) is 28.5 Å². The molecule has 4 aromatic rings. The van der Waals surface area contributed by atoms with Crippen molar-refractivity contribution in [3.05, 3.63) is 71.3 Å². The maximum Gasteiger partial charge on any atom is 0.186 e. The van der Waals surface area contributed by atoms with E-state index in [4.69, 9.17) is 14.6 Å². The topological polar surface area (TPSA) is 100 Å². The molecule has 0 saturated carbocycles. The highest BCUT2D eigenvalue weighted by Crippen LogP contribution is 2.44. The largest absolute Gasteiger partial charge is 0.375 e. The Balaban J connectivity index is 1.38. The molecule has 9 nitrogen and oxygen atoms in total. The molecule has 7 rings (SSSR count). The fourth-order valence-electron chi connectivity index (χ4n) is 5.75. The van der Waals surface area contributed by atoms with Gasteiger partial charge in [0.2, 0.25) is 0 Å². The minimum Gasteiger partial charge on any atom is -0.375 e. The van der Waals surface area contributed by atoms with Gasteiger partial charge in [-0.1, -0.05) is 24.3 Å². The van der Waals surface area contributed by atoms with Crippen molar-refractivity contribution < 1.29 is 22.3 Å². The Morgan fingerprint density at radius 3 is 2.79 bits per heavy atom. The summed E-state index contributed by atoms with van der Waals surface area (Å²) in [7, 11) is -3.93. The first-order valence-corrected chi connectivity index (χ1v) is 14.8. The van der Waals surface area contributed by atoms with Gasteiger partial charge in [-0.05, 0) is 37.1 Å². The highest BCUT2D eigenvalue weighted by atomic mass is 32.2. The fraction of sp³-hybridized carbons (Fsp3) is 0.357. The molecule has 202 valence electrons. The van der Waals surface area contributed by atoms with Crippen LogP contribution in [0, 0.1) is 5.82 Å². The van der Waals surface area contributed by atoms with Gasteiger partial charge < -0.3 is 19.4 Å². The first-order valence-electron chi connectivity index (χ1n) is 13.1. The van der Waals surface area contributed by atoms with E-state index in [1.165, 1.54) is 12.1 Å². The molecule has 1 fully saturated rings. The van der Waals surface area contributed by atoms with E-state index in [1.807, 2.05) is 35.8 Å². The SMILES string of the molecule is CC1Cn2c(cnc2-c2nn(-c3ccc(CC4CNCCO4)cc3)c3c2CS(=O)(=O)c2c(F)cccc2-3)CO1. The number of hydrogen-bond donors (Lipinski definition) is 1. The molecule has 0 spiro atoms. The Labute approximate surface area is 225 Å². The number of rotatable bonds is 4. The van der Waals surface area contributed by atoms with Gasteiger partial charge in [-0.2, -0.15) is 5.10 Å². The Morgan fingerprint density at radius 2 is 2.00 bits per heavy atom. The summed E-state index contributed by atoms with van der Waals surface area (Å²) >= 11 is 0. The van der Waals surface area contributed by atoms with Gasteiger partial charge in [-0.25, -0.2) is 22.5 Å². The van der Waals surface area contributed by atoms with E-state index in [0.29, 0.717) is 48.1 Å². The lowest BCUT2D eigenvalue weighted by atomic mass is 10.0. The van der Waals surface area contributed by atoms with E-state index in [1.54, 1.807) is 16.9 Å². The van der Waals surface area contributed by atoms with Crippen molar-refractivity contribution in [3.63, 3.8) is 0 Å². The van der Waals surface area contributed by atoms with Gasteiger partial charge in [0.25, 0.3) is 0 Å². The molecule has 5 heterocycles. The summed E-state index contributed by atoms with van der Waals surface area (Å²) in [6.07, 6.45) is 2.63. The molecule has 0 bridgehead atoms. The van der Waals surface area contributed by atoms with Crippen LogP contribution in [-0.2, 0) is 44.6 Å². The number of hydrogen-bond acceptors (Lipinski definition) is 7. The van der Waals surface area contributed by atoms with Crippen molar-refractivity contribution in [1.29, 1.82) is 0 Å². The van der Waals surface area contributed by atoms with Crippen molar-refractivity contribution >= 4 is 9.84 Å². The number of benzene rings is 2. The fourth-order valence-corrected chi connectivity index (χ4v) is 7.41. The Kier molecular flexibility index (Phi) is 5.92. The molecule has 2 aromatic carbocycles. The number of fused-ring (bicyclic) bond motifs is 4. The van der Waals surface area contributed by atoms with Crippen LogP contribution in [0.3, 0.4) is 0 Å². The Bertz CT molecular complexity index is 1670. The van der Waals surface area contributed by atoms with Gasteiger partial charge in [-0.15, -0.1) is 0 Å². The molecule has 0 radical (unpaired) electrons. The molecular weight excluding hydrogens is 521 g/mol. The summed E-state index contributed by atoms with van der Waals surface area (Å²) in [5.74, 6) is -0.527. The average Bonchev–Trinajstić information content (AvgIpc) is 3.50. The van der Waals surface area contributed by atoms with E-state index >= 15 is 0 Å². The third kappa shape index (κ3) is 4.20. The second kappa shape index (κ2) is 9.37. The highest BCUT2D eigenvalue weighted by Gasteiger charge is 2.38. The summed E-state index contributed by atoms with van der Waals surface area (Å²) in [6.45, 7) is 5.37. The van der Waals surface area contributed by atoms with Gasteiger partial charge in [0, 0.05) is 24.2 Å². The molecule has 0 aliphatic carbocycles. The van der Waals surface area contributed by atoms with Crippen LogP contribution in [-0.4, -0.2) is 59.7 Å². The van der Waals surface area contributed by atoms with Gasteiger partial charge in [0.1, 0.15) is 16.4 Å². The summed E-state index contributed by atoms with van der Waals surface area (Å²) in [5.41, 5.74) is 4.66. The number of imidazole rings is 1. The average molecular weight is 550 g/mol. The quantitative estimate of drug-likeness (QED) is 0.417. The van der Waals surface area contributed by atoms with Crippen LogP contribution in [0.4, 0.5) is 4.39 Å². The van der Waals surface area contributed by atoms with Crippen LogP contribution in [0.2, 0.25) is 0 Å². The normalized spacial score (nSPS) is 21.7. The van der Waals surface area contributed by atoms with Gasteiger partial charge in [0.05, 0.1) is 61.0 Å². The minimum atomic E-state index is -3.93. The second-order valence-corrected chi connectivity index (χ2v) is 12.3. The van der Waals surface area contributed by atoms with Crippen molar-refractivity contribution in [2.45, 2.75) is 49.4 Å². The van der Waals surface area contributed by atoms with Crippen molar-refractivity contribution in [1.82, 2.24) is 24.6 Å². The van der Waals surface area contributed by atoms with Crippen LogP contribution in [0.1, 0.15) is 23.7 Å². The zero-order valence-electron chi connectivity index (χ0n) is 21.4. The molecule has 3 aliphatic rings. The first kappa shape index (κ1) is 24.6. The number of nitrogens with one attached hydrogen (secondary N) is 1. The predicted octanol–water partition coefficient (Wildman–Crippen LogP) is 3.28. The van der Waals surface area contributed by atoms with Crippen LogP contribution in [0.5, 0.6) is 0 Å². The number of nitrogens with zero attached hydrogens (tertiary/aromatic N) is 4. The molecule has 2 aromatic heterocycles. The van der Waals surface area contributed by atoms with Gasteiger partial charge in [0.15, 0.2) is 15.7 Å². The number of morpholine rings is 1. The van der Waals surface area contributed by atoms with E-state index in [9.17, 15) is 12.8 Å². The van der Waals surface area contributed by atoms with E-state index in [0.717, 1.165) is 36.5 Å². The monoisotopic (exact) mass is 549 g/mol. The maximum absolute atomic E-state index is 15.0. The van der Waals surface area contributed by atoms with Crippen molar-refractivity contribution in [2.24, 2.45) is 0 Å². The van der Waals surface area contributed by atoms with E-state index < -0.39 is 15.7 Å². The van der Waals surface area contributed by atoms with Crippen molar-refractivity contribution in [2.75, 3.05) is 19.7 Å². The summed E-state index contributed by atoms with van der Waals surface area (Å²) in [5, 5.41) is 8.30. The van der Waals surface area contributed by atoms with E-state index in [2.05, 4.69) is 10.3 Å². The number of sulfone groups is 1. The summed E-state index contributed by atoms with van der Waals surface area (Å²) < 4.78 is 57.1. The Hall–Kier alpha value is -3.38. The number of aromatic nitrogens is 4. The lowest BCUT2D eigenvalue weighted by Gasteiger charge is -2.23. The molecule has 39 heavy (non-hydrogen) atoms. The standard InChI is InChI=1S/C28H28FN5O4S/c1-17-14-33-20(15-38-17)12-31-28(33)25-23-16-39(35,36)27-22(3-2-4-24(27)29)26(23)34(32-25)19-7-5-18(6-8-19)11-21-13-30-9-10-37-21/h2-8,12,17,21,30H,9-11,13-16H2,1H3. The third-order valence-corrected chi connectivity index (χ3v) is 9.31. The predicted molar refractivity (Wildman–Crippen MR) is 142 cm³/mol. The molecule has 1 saturated heterocycles. The van der Waals surface area contributed by atoms with Crippen LogP contribution < -0.4 is 5.32 Å². The van der Waals surface area contributed by atoms with E-state index in [-0.39, 0.29) is 22.9 Å². The number of ether oxygens (including phenoxy) is 2. The zero-order valence-corrected chi connectivity index (χ0v) is 22.2. The Morgan fingerprint density at radius 1 is 1.15 bits per heavy atom. The smallest absolute Gasteiger partial charge is 0.186 e. The first-order chi connectivity index (χ1) is 18.9. The van der Waals surface area contributed by atoms with Crippen LogP contribution in [0.15, 0.2) is 53.6 Å². The minimum absolute atomic E-state index is 0.0159. The van der Waals surface area contributed by atoms with Crippen LogP contribution in [0.25, 0.3) is 28.5 Å². The molecule has 11 heteroatoms. The zero-order chi connectivity index (χ0) is 26.7. The lowest BCUT2D eigenvalue weighted by Crippen LogP contribution is -2.39. The maximum atomic E-state index is 15.0. The molecular formula is C28H28FN5O4S. The highest BCUT2D eigenvalue weighted by molar-refractivity contribution is 7.91. The third-order valence-electron chi connectivity index (χ3n) is 7.61. The molecule has 3 aliphatic heterocycles. The van der Waals surface area contributed by atoms with Gasteiger partial charge >= 0.3 is 0 Å². The summed E-state index contributed by atoms with van der Waals surface area (Å²) in [4.78, 5) is 4.35. The summed E-state index contributed by atoms with van der Waals surface area (Å²) in [6, 6.07) is 12.4. The molecule has 0 amide bonds. The van der Waals surface area contributed by atoms with Gasteiger partial charge in [-0.3, -0.25) is 0 Å². The lowest BCUT2D eigenvalue weighted by molar-refractivity contribution is 0.0172.